The summed E-state index contributed by atoms with van der Waals surface area (Å²) in [6, 6.07) is 8.52. The Morgan fingerprint density at radius 1 is 1.35 bits per heavy atom. The molecule has 1 heterocycles. The number of aryl methyl sites for hydroxylation is 1. The molecule has 0 saturated carbocycles. The molecular formula is C14H21N3. The first-order valence-corrected chi connectivity index (χ1v) is 6.48. The van der Waals surface area contributed by atoms with Gasteiger partial charge >= 0.3 is 0 Å². The third-order valence-corrected chi connectivity index (χ3v) is 3.13. The second kappa shape index (κ2) is 5.71. The second-order valence-corrected chi connectivity index (χ2v) is 4.48. The summed E-state index contributed by atoms with van der Waals surface area (Å²) in [5.74, 6) is 0.668. The zero-order valence-corrected chi connectivity index (χ0v) is 10.5. The molecule has 0 fully saturated rings. The van der Waals surface area contributed by atoms with Crippen LogP contribution in [0.1, 0.15) is 31.7 Å². The van der Waals surface area contributed by atoms with Gasteiger partial charge in [-0.05, 0) is 37.3 Å². The number of rotatable bonds is 2. The minimum atomic E-state index is 0.668. The van der Waals surface area contributed by atoms with E-state index in [4.69, 9.17) is 5.73 Å². The van der Waals surface area contributed by atoms with Crippen molar-refractivity contribution in [3.8, 4) is 0 Å². The number of benzene rings is 1. The lowest BCUT2D eigenvalue weighted by Crippen LogP contribution is -2.38. The van der Waals surface area contributed by atoms with E-state index in [1.54, 1.807) is 0 Å². The van der Waals surface area contributed by atoms with Gasteiger partial charge in [-0.3, -0.25) is 4.99 Å². The molecule has 92 valence electrons. The monoisotopic (exact) mass is 231 g/mol. The van der Waals surface area contributed by atoms with E-state index in [2.05, 4.69) is 41.1 Å². The van der Waals surface area contributed by atoms with Crippen molar-refractivity contribution in [2.45, 2.75) is 32.6 Å². The number of nitrogens with zero attached hydrogens (tertiary/aromatic N) is 2. The van der Waals surface area contributed by atoms with Gasteiger partial charge in [0.25, 0.3) is 0 Å². The van der Waals surface area contributed by atoms with Crippen molar-refractivity contribution in [3.63, 3.8) is 0 Å². The number of guanidine groups is 1. The highest BCUT2D eigenvalue weighted by Crippen LogP contribution is 2.25. The number of para-hydroxylation sites is 1. The molecule has 0 saturated heterocycles. The number of nitrogens with two attached hydrogens (primary N) is 1. The Labute approximate surface area is 103 Å². The van der Waals surface area contributed by atoms with Crippen molar-refractivity contribution in [3.05, 3.63) is 29.8 Å². The summed E-state index contributed by atoms with van der Waals surface area (Å²) in [7, 11) is 0. The predicted octanol–water partition coefficient (Wildman–Crippen LogP) is 2.55. The van der Waals surface area contributed by atoms with Crippen LogP contribution < -0.4 is 10.6 Å². The van der Waals surface area contributed by atoms with Gasteiger partial charge in [0.1, 0.15) is 0 Å². The van der Waals surface area contributed by atoms with E-state index in [0.29, 0.717) is 5.96 Å². The molecule has 3 heteroatoms. The van der Waals surface area contributed by atoms with Gasteiger partial charge in [-0.15, -0.1) is 0 Å². The molecule has 1 aromatic rings. The molecule has 1 aliphatic rings. The first-order valence-electron chi connectivity index (χ1n) is 6.48. The Hall–Kier alpha value is -1.51. The van der Waals surface area contributed by atoms with E-state index in [9.17, 15) is 0 Å². The van der Waals surface area contributed by atoms with Crippen LogP contribution in [0.5, 0.6) is 0 Å². The molecule has 0 atom stereocenters. The Kier molecular flexibility index (Phi) is 4.02. The summed E-state index contributed by atoms with van der Waals surface area (Å²) in [4.78, 5) is 6.59. The fraction of sp³-hybridized carbons (Fsp3) is 0.500. The van der Waals surface area contributed by atoms with Gasteiger partial charge in [-0.1, -0.05) is 25.1 Å². The molecule has 0 aliphatic carbocycles. The summed E-state index contributed by atoms with van der Waals surface area (Å²) in [5, 5.41) is 0. The van der Waals surface area contributed by atoms with E-state index in [1.165, 1.54) is 24.1 Å². The average molecular weight is 231 g/mol. The van der Waals surface area contributed by atoms with Gasteiger partial charge in [-0.2, -0.15) is 0 Å². The van der Waals surface area contributed by atoms with Crippen molar-refractivity contribution in [2.75, 3.05) is 18.0 Å². The maximum absolute atomic E-state index is 6.09. The Morgan fingerprint density at radius 3 is 3.00 bits per heavy atom. The molecule has 1 aliphatic heterocycles. The molecular weight excluding hydrogens is 210 g/mol. The molecule has 0 amide bonds. The molecule has 0 aromatic heterocycles. The number of hydrogen-bond donors (Lipinski definition) is 1. The highest BCUT2D eigenvalue weighted by Gasteiger charge is 2.16. The lowest BCUT2D eigenvalue weighted by atomic mass is 10.1. The van der Waals surface area contributed by atoms with Crippen LogP contribution in [0, 0.1) is 0 Å². The van der Waals surface area contributed by atoms with Crippen LogP contribution in [0.15, 0.2) is 29.3 Å². The standard InChI is InChI=1S/C14H21N3/c1-2-10-16-14(15)17-11-6-5-8-12-7-3-4-9-13(12)17/h3-4,7,9H,2,5-6,8,10-11H2,1H3,(H2,15,16). The molecule has 0 spiro atoms. The minimum Gasteiger partial charge on any atom is -0.370 e. The number of fused-ring (bicyclic) bond motifs is 1. The topological polar surface area (TPSA) is 41.6 Å². The van der Waals surface area contributed by atoms with Gasteiger partial charge in [0.15, 0.2) is 5.96 Å². The van der Waals surface area contributed by atoms with Crippen LogP contribution in [0.3, 0.4) is 0 Å². The minimum absolute atomic E-state index is 0.668. The molecule has 17 heavy (non-hydrogen) atoms. The SMILES string of the molecule is CCCN=C(N)N1CCCCc2ccccc21. The fourth-order valence-electron chi connectivity index (χ4n) is 2.24. The van der Waals surface area contributed by atoms with E-state index in [1.807, 2.05) is 0 Å². The lowest BCUT2D eigenvalue weighted by molar-refractivity contribution is 0.763. The van der Waals surface area contributed by atoms with E-state index >= 15 is 0 Å². The predicted molar refractivity (Wildman–Crippen MR) is 73.5 cm³/mol. The number of aliphatic imine (C=N–C) groups is 1. The van der Waals surface area contributed by atoms with E-state index < -0.39 is 0 Å². The maximum atomic E-state index is 6.09. The summed E-state index contributed by atoms with van der Waals surface area (Å²) in [6.07, 6.45) is 4.59. The highest BCUT2D eigenvalue weighted by molar-refractivity contribution is 5.95. The molecule has 0 radical (unpaired) electrons. The first-order chi connectivity index (χ1) is 8.33. The van der Waals surface area contributed by atoms with Gasteiger partial charge in [-0.25, -0.2) is 0 Å². The Morgan fingerprint density at radius 2 is 2.18 bits per heavy atom. The third kappa shape index (κ3) is 2.78. The number of hydrogen-bond acceptors (Lipinski definition) is 1. The van der Waals surface area contributed by atoms with Crippen molar-refractivity contribution in [1.82, 2.24) is 0 Å². The van der Waals surface area contributed by atoms with Crippen LogP contribution in [0.2, 0.25) is 0 Å². The zero-order valence-electron chi connectivity index (χ0n) is 10.5. The van der Waals surface area contributed by atoms with E-state index in [0.717, 1.165) is 25.9 Å². The summed E-state index contributed by atoms with van der Waals surface area (Å²) in [6.45, 7) is 3.91. The Balaban J connectivity index is 2.28. The quantitative estimate of drug-likeness (QED) is 0.628. The van der Waals surface area contributed by atoms with Crippen LogP contribution in [0.4, 0.5) is 5.69 Å². The molecule has 0 unspecified atom stereocenters. The summed E-state index contributed by atoms with van der Waals surface area (Å²) in [5.41, 5.74) is 8.72. The lowest BCUT2D eigenvalue weighted by Gasteiger charge is -2.23. The van der Waals surface area contributed by atoms with Crippen LogP contribution in [-0.4, -0.2) is 19.0 Å². The van der Waals surface area contributed by atoms with Crippen LogP contribution >= 0.6 is 0 Å². The molecule has 0 bridgehead atoms. The third-order valence-electron chi connectivity index (χ3n) is 3.13. The van der Waals surface area contributed by atoms with Crippen LogP contribution in [0.25, 0.3) is 0 Å². The van der Waals surface area contributed by atoms with Crippen LogP contribution in [-0.2, 0) is 6.42 Å². The van der Waals surface area contributed by atoms with Gasteiger partial charge < -0.3 is 10.6 Å². The normalized spacial score (nSPS) is 16.5. The van der Waals surface area contributed by atoms with Crippen molar-refractivity contribution in [2.24, 2.45) is 10.7 Å². The number of anilines is 1. The average Bonchev–Trinajstić information content (AvgIpc) is 2.58. The second-order valence-electron chi connectivity index (χ2n) is 4.48. The van der Waals surface area contributed by atoms with Crippen molar-refractivity contribution >= 4 is 11.6 Å². The maximum Gasteiger partial charge on any atom is 0.195 e. The van der Waals surface area contributed by atoms with E-state index in [-0.39, 0.29) is 0 Å². The van der Waals surface area contributed by atoms with Crippen molar-refractivity contribution < 1.29 is 0 Å². The molecule has 2 N–H and O–H groups in total. The van der Waals surface area contributed by atoms with Gasteiger partial charge in [0.2, 0.25) is 0 Å². The summed E-state index contributed by atoms with van der Waals surface area (Å²) < 4.78 is 0. The van der Waals surface area contributed by atoms with Gasteiger partial charge in [0.05, 0.1) is 0 Å². The highest BCUT2D eigenvalue weighted by atomic mass is 15.3. The van der Waals surface area contributed by atoms with Crippen molar-refractivity contribution in [1.29, 1.82) is 0 Å². The molecule has 2 rings (SSSR count). The zero-order chi connectivity index (χ0) is 12.1. The fourth-order valence-corrected chi connectivity index (χ4v) is 2.24. The Bertz CT molecular complexity index is 398. The van der Waals surface area contributed by atoms with Gasteiger partial charge in [0, 0.05) is 18.8 Å². The first kappa shape index (κ1) is 12.0. The molecule has 3 nitrogen and oxygen atoms in total. The largest absolute Gasteiger partial charge is 0.370 e. The smallest absolute Gasteiger partial charge is 0.195 e. The molecule has 1 aromatic carbocycles. The summed E-state index contributed by atoms with van der Waals surface area (Å²) >= 11 is 0.